The van der Waals surface area contributed by atoms with Crippen LogP contribution >= 0.6 is 0 Å². The van der Waals surface area contributed by atoms with Gasteiger partial charge in [-0.1, -0.05) is 24.3 Å². The Morgan fingerprint density at radius 1 is 1.13 bits per heavy atom. The van der Waals surface area contributed by atoms with Gasteiger partial charge in [-0.15, -0.1) is 0 Å². The topological polar surface area (TPSA) is 75.1 Å². The average Bonchev–Trinajstić information content (AvgIpc) is 2.77. The molecule has 1 amide bonds. The first-order chi connectivity index (χ1) is 15.0. The van der Waals surface area contributed by atoms with Crippen LogP contribution in [0.3, 0.4) is 0 Å². The summed E-state index contributed by atoms with van der Waals surface area (Å²) in [5.41, 5.74) is 3.25. The van der Waals surface area contributed by atoms with Crippen LogP contribution in [-0.2, 0) is 11.3 Å². The minimum absolute atomic E-state index is 0.106. The number of hydrogen-bond acceptors (Lipinski definition) is 6. The Morgan fingerprint density at radius 2 is 1.87 bits per heavy atom. The van der Waals surface area contributed by atoms with Crippen LogP contribution < -0.4 is 9.47 Å². The number of pyridine rings is 1. The third-order valence-electron chi connectivity index (χ3n) is 6.48. The summed E-state index contributed by atoms with van der Waals surface area (Å²) in [5.74, 6) is 1.58. The van der Waals surface area contributed by atoms with Crippen molar-refractivity contribution >= 4 is 5.91 Å². The molecule has 0 aliphatic carbocycles. The number of hydrogen-bond donors (Lipinski definition) is 1. The summed E-state index contributed by atoms with van der Waals surface area (Å²) >= 11 is 0. The lowest BCUT2D eigenvalue weighted by Crippen LogP contribution is -2.56. The molecular formula is C24H29N3O4. The van der Waals surface area contributed by atoms with Gasteiger partial charge in [0, 0.05) is 31.2 Å². The fourth-order valence-corrected chi connectivity index (χ4v) is 4.54. The molecule has 1 N–H and O–H groups in total. The van der Waals surface area contributed by atoms with Gasteiger partial charge in [0.05, 0.1) is 6.10 Å². The van der Waals surface area contributed by atoms with E-state index in [0.717, 1.165) is 43.7 Å². The molecule has 164 valence electrons. The molecule has 3 aliphatic rings. The van der Waals surface area contributed by atoms with Gasteiger partial charge in [-0.3, -0.25) is 9.69 Å². The van der Waals surface area contributed by atoms with Gasteiger partial charge in [0.25, 0.3) is 5.88 Å². The average molecular weight is 424 g/mol. The van der Waals surface area contributed by atoms with E-state index in [0.29, 0.717) is 31.3 Å². The first-order valence-electron chi connectivity index (χ1n) is 11.1. The van der Waals surface area contributed by atoms with Gasteiger partial charge in [0.1, 0.15) is 6.61 Å². The molecule has 2 fully saturated rings. The number of aryl methyl sites for hydroxylation is 1. The van der Waals surface area contributed by atoms with Crippen LogP contribution in [-0.4, -0.2) is 64.7 Å². The summed E-state index contributed by atoms with van der Waals surface area (Å²) in [6, 6.07) is 12.3. The Labute approximate surface area is 182 Å². The van der Waals surface area contributed by atoms with Gasteiger partial charge in [-0.2, -0.15) is 0 Å². The lowest BCUT2D eigenvalue weighted by molar-refractivity contribution is -0.147. The van der Waals surface area contributed by atoms with Gasteiger partial charge in [0.2, 0.25) is 5.91 Å². The summed E-state index contributed by atoms with van der Waals surface area (Å²) < 4.78 is 11.9. The van der Waals surface area contributed by atoms with Crippen LogP contribution in [0.15, 0.2) is 36.4 Å². The number of nitrogens with zero attached hydrogens (tertiary/aromatic N) is 3. The first-order valence-corrected chi connectivity index (χ1v) is 11.1. The molecule has 0 bridgehead atoms. The molecule has 0 spiro atoms. The van der Waals surface area contributed by atoms with Crippen LogP contribution in [0.4, 0.5) is 0 Å². The number of ether oxygens (including phenoxy) is 2. The number of piperidine rings is 1. The number of benzene rings is 1. The first kappa shape index (κ1) is 20.3. The molecule has 1 aromatic heterocycles. The zero-order valence-electron chi connectivity index (χ0n) is 17.9. The summed E-state index contributed by atoms with van der Waals surface area (Å²) in [6.45, 7) is 6.16. The maximum Gasteiger partial charge on any atom is 0.257 e. The predicted molar refractivity (Wildman–Crippen MR) is 115 cm³/mol. The fraction of sp³-hybridized carbons (Fsp3) is 0.500. The normalized spacial score (nSPS) is 22.3. The van der Waals surface area contributed by atoms with E-state index in [9.17, 15) is 9.90 Å². The number of carbonyl (C=O) groups is 1. The lowest BCUT2D eigenvalue weighted by Gasteiger charge is -2.40. The smallest absolute Gasteiger partial charge is 0.257 e. The third-order valence-corrected chi connectivity index (χ3v) is 6.48. The van der Waals surface area contributed by atoms with E-state index in [1.165, 1.54) is 5.56 Å². The highest BCUT2D eigenvalue weighted by Gasteiger charge is 2.34. The number of amides is 1. The zero-order chi connectivity index (χ0) is 21.4. The Morgan fingerprint density at radius 3 is 2.58 bits per heavy atom. The van der Waals surface area contributed by atoms with Crippen molar-refractivity contribution in [2.45, 2.75) is 38.5 Å². The zero-order valence-corrected chi connectivity index (χ0v) is 17.9. The van der Waals surface area contributed by atoms with E-state index in [2.05, 4.69) is 34.1 Å². The fourth-order valence-electron chi connectivity index (χ4n) is 4.54. The second-order valence-electron chi connectivity index (χ2n) is 8.86. The summed E-state index contributed by atoms with van der Waals surface area (Å²) in [6.07, 6.45) is 1.30. The van der Waals surface area contributed by atoms with Crippen molar-refractivity contribution in [1.82, 2.24) is 14.8 Å². The number of fused-ring (bicyclic) bond motifs is 1. The maximum absolute atomic E-state index is 12.4. The highest BCUT2D eigenvalue weighted by molar-refractivity contribution is 5.79. The van der Waals surface area contributed by atoms with Crippen LogP contribution in [0.5, 0.6) is 11.6 Å². The number of aliphatic hydroxyl groups is 1. The molecule has 7 heteroatoms. The number of likely N-dealkylation sites (tertiary alicyclic amines) is 2. The molecule has 3 aliphatic heterocycles. The lowest BCUT2D eigenvalue weighted by atomic mass is 9.93. The van der Waals surface area contributed by atoms with Crippen LogP contribution in [0, 0.1) is 12.8 Å². The van der Waals surface area contributed by atoms with Crippen LogP contribution in [0.25, 0.3) is 0 Å². The molecule has 0 saturated carbocycles. The molecule has 1 atom stereocenters. The molecule has 2 aromatic rings. The largest absolute Gasteiger partial charge is 0.484 e. The molecular weight excluding hydrogens is 394 g/mol. The molecule has 31 heavy (non-hydrogen) atoms. The highest BCUT2D eigenvalue weighted by atomic mass is 16.6. The number of aromatic nitrogens is 1. The molecule has 2 saturated heterocycles. The Hall–Kier alpha value is -2.64. The number of aliphatic hydroxyl groups excluding tert-OH is 1. The van der Waals surface area contributed by atoms with E-state index >= 15 is 0 Å². The minimum Gasteiger partial charge on any atom is -0.484 e. The molecule has 4 heterocycles. The van der Waals surface area contributed by atoms with Crippen molar-refractivity contribution in [1.29, 1.82) is 0 Å². The minimum atomic E-state index is -0.326. The van der Waals surface area contributed by atoms with Crippen molar-refractivity contribution in [3.63, 3.8) is 0 Å². The van der Waals surface area contributed by atoms with E-state index in [4.69, 9.17) is 9.47 Å². The number of carbonyl (C=O) groups excluding carboxylic acids is 1. The second kappa shape index (κ2) is 8.48. The molecule has 7 nitrogen and oxygen atoms in total. The summed E-state index contributed by atoms with van der Waals surface area (Å²) in [4.78, 5) is 21.1. The van der Waals surface area contributed by atoms with Gasteiger partial charge < -0.3 is 19.5 Å². The summed E-state index contributed by atoms with van der Waals surface area (Å²) in [5, 5.41) is 9.41. The van der Waals surface area contributed by atoms with Crippen LogP contribution in [0.2, 0.25) is 0 Å². The highest BCUT2D eigenvalue weighted by Crippen LogP contribution is 2.34. The maximum atomic E-state index is 12.4. The van der Waals surface area contributed by atoms with E-state index in [1.807, 2.05) is 19.1 Å². The van der Waals surface area contributed by atoms with E-state index in [-0.39, 0.29) is 24.0 Å². The Kier molecular flexibility index (Phi) is 5.54. The Bertz CT molecular complexity index is 934. The van der Waals surface area contributed by atoms with Crippen molar-refractivity contribution < 1.29 is 19.4 Å². The van der Waals surface area contributed by atoms with Crippen LogP contribution in [0.1, 0.15) is 35.8 Å². The van der Waals surface area contributed by atoms with Gasteiger partial charge >= 0.3 is 0 Å². The van der Waals surface area contributed by atoms with Crippen molar-refractivity contribution in [3.05, 3.63) is 53.2 Å². The Balaban J connectivity index is 1.13. The molecule has 1 aromatic carbocycles. The van der Waals surface area contributed by atoms with Crippen molar-refractivity contribution in [2.75, 3.05) is 32.8 Å². The van der Waals surface area contributed by atoms with Crippen molar-refractivity contribution in [2.24, 2.45) is 5.92 Å². The third kappa shape index (κ3) is 4.38. The van der Waals surface area contributed by atoms with Gasteiger partial charge in [-0.05, 0) is 56.1 Å². The monoisotopic (exact) mass is 423 g/mol. The van der Waals surface area contributed by atoms with Crippen molar-refractivity contribution in [3.8, 4) is 11.6 Å². The quantitative estimate of drug-likeness (QED) is 0.814. The molecule has 5 rings (SSSR count). The second-order valence-corrected chi connectivity index (χ2v) is 8.86. The standard InChI is InChI=1S/C24H29N3O4/c1-16-2-7-21-23(25-16)31-22(15-30-21)18-5-3-17(4-6-18)12-26-10-8-19(9-11-26)24(29)27-13-20(28)14-27/h2-7,19-20,22,28H,8-15H2,1H3. The predicted octanol–water partition coefficient (Wildman–Crippen LogP) is 2.32. The number of rotatable bonds is 4. The SMILES string of the molecule is Cc1ccc2c(n1)OC(c1ccc(CN3CCC(C(=O)N4CC(O)C4)CC3)cc1)CO2. The van der Waals surface area contributed by atoms with Gasteiger partial charge in [0.15, 0.2) is 11.9 Å². The van der Waals surface area contributed by atoms with Gasteiger partial charge in [-0.25, -0.2) is 4.98 Å². The number of β-amino-alcohol motifs (C(OH)–C–C–N with tert-alkyl or cyclic N) is 1. The van der Waals surface area contributed by atoms with E-state index in [1.54, 1.807) is 4.90 Å². The molecule has 0 radical (unpaired) electrons. The summed E-state index contributed by atoms with van der Waals surface area (Å²) in [7, 11) is 0. The van der Waals surface area contributed by atoms with E-state index < -0.39 is 0 Å². The molecule has 1 unspecified atom stereocenters.